The first kappa shape index (κ1) is 18.9. The molecule has 7 nitrogen and oxygen atoms in total. The molecule has 3 aromatic rings. The summed E-state index contributed by atoms with van der Waals surface area (Å²) < 4.78 is 13.2. The van der Waals surface area contributed by atoms with Crippen LogP contribution in [0, 0.1) is 17.7 Å². The summed E-state index contributed by atoms with van der Waals surface area (Å²) in [6.07, 6.45) is 1.18. The average Bonchev–Trinajstić information content (AvgIpc) is 3.36. The summed E-state index contributed by atoms with van der Waals surface area (Å²) in [6.45, 7) is 2.23. The predicted molar refractivity (Wildman–Crippen MR) is 109 cm³/mol. The number of benzene rings is 1. The van der Waals surface area contributed by atoms with Crippen LogP contribution in [0.25, 0.3) is 11.0 Å². The van der Waals surface area contributed by atoms with E-state index in [-0.39, 0.29) is 18.5 Å². The fourth-order valence-electron chi connectivity index (χ4n) is 3.08. The minimum absolute atomic E-state index is 0.0320. The molecule has 4 rings (SSSR count). The second kappa shape index (κ2) is 8.29. The zero-order chi connectivity index (χ0) is 20.2. The summed E-state index contributed by atoms with van der Waals surface area (Å²) in [7, 11) is 2.02. The molecule has 2 aromatic heterocycles. The smallest absolute Gasteiger partial charge is 0.142 e. The molecule has 0 amide bonds. The number of aliphatic hydroxyl groups is 1. The Morgan fingerprint density at radius 2 is 2.10 bits per heavy atom. The van der Waals surface area contributed by atoms with Crippen LogP contribution in [0.1, 0.15) is 11.3 Å². The third-order valence-corrected chi connectivity index (χ3v) is 4.75. The van der Waals surface area contributed by atoms with E-state index >= 15 is 0 Å². The van der Waals surface area contributed by atoms with Crippen molar-refractivity contribution in [2.75, 3.05) is 38.2 Å². The number of halogens is 1. The van der Waals surface area contributed by atoms with Crippen LogP contribution < -0.4 is 4.90 Å². The van der Waals surface area contributed by atoms with Gasteiger partial charge in [0, 0.05) is 30.2 Å². The van der Waals surface area contributed by atoms with Gasteiger partial charge in [-0.1, -0.05) is 11.1 Å². The number of aromatic amines is 1. The molecular weight excluding hydrogens is 371 g/mol. The van der Waals surface area contributed by atoms with E-state index in [1.54, 1.807) is 6.07 Å². The van der Waals surface area contributed by atoms with Gasteiger partial charge in [-0.25, -0.2) is 9.37 Å². The molecule has 1 aliphatic rings. The minimum atomic E-state index is -0.364. The van der Waals surface area contributed by atoms with E-state index in [1.165, 1.54) is 12.3 Å². The van der Waals surface area contributed by atoms with E-state index in [1.807, 2.05) is 36.3 Å². The molecule has 0 spiro atoms. The summed E-state index contributed by atoms with van der Waals surface area (Å²) in [5.74, 6) is 5.80. The highest BCUT2D eigenvalue weighted by atomic mass is 19.1. The maximum atomic E-state index is 13.2. The quantitative estimate of drug-likeness (QED) is 0.654. The largest absolute Gasteiger partial charge is 0.394 e. The normalized spacial score (nSPS) is 15.6. The van der Waals surface area contributed by atoms with Gasteiger partial charge in [-0.15, -0.1) is 0 Å². The first-order chi connectivity index (χ1) is 14.1. The van der Waals surface area contributed by atoms with Crippen molar-refractivity contribution >= 4 is 16.7 Å². The number of pyridine rings is 1. The number of aromatic nitrogens is 2. The Hall–Kier alpha value is -3.44. The fourth-order valence-corrected chi connectivity index (χ4v) is 3.08. The molecule has 2 N–H and O–H groups in total. The molecule has 0 aliphatic carbocycles. The van der Waals surface area contributed by atoms with Crippen molar-refractivity contribution in [3.8, 4) is 11.8 Å². The predicted octanol–water partition coefficient (Wildman–Crippen LogP) is 2.58. The summed E-state index contributed by atoms with van der Waals surface area (Å²) in [5.41, 5.74) is 3.28. The summed E-state index contributed by atoms with van der Waals surface area (Å²) in [5, 5.41) is 19.8. The van der Waals surface area contributed by atoms with E-state index in [2.05, 4.69) is 37.0 Å². The molecule has 0 bridgehead atoms. The van der Waals surface area contributed by atoms with Crippen molar-refractivity contribution in [1.82, 2.24) is 15.0 Å². The molecule has 0 fully saturated rings. The van der Waals surface area contributed by atoms with E-state index < -0.39 is 0 Å². The third-order valence-electron chi connectivity index (χ3n) is 4.75. The SMILES string of the molecule is CN(CCN1CC(CO)N=N1)c1ccc(C#Cc2cc3cc(F)cnc3[nH]2)cc1. The van der Waals surface area contributed by atoms with E-state index in [0.717, 1.165) is 24.3 Å². The lowest BCUT2D eigenvalue weighted by Crippen LogP contribution is -2.31. The first-order valence-electron chi connectivity index (χ1n) is 9.35. The monoisotopic (exact) mass is 392 g/mol. The van der Waals surface area contributed by atoms with Crippen LogP contribution in [0.15, 0.2) is 52.9 Å². The second-order valence-corrected chi connectivity index (χ2v) is 6.95. The number of aliphatic hydroxyl groups excluding tert-OH is 1. The lowest BCUT2D eigenvalue weighted by atomic mass is 10.2. The molecule has 1 unspecified atom stereocenters. The number of H-pyrrole nitrogens is 1. The number of nitrogens with zero attached hydrogens (tertiary/aromatic N) is 5. The second-order valence-electron chi connectivity index (χ2n) is 6.95. The van der Waals surface area contributed by atoms with Crippen molar-refractivity contribution in [3.63, 3.8) is 0 Å². The standard InChI is InChI=1S/C21H21FN6O/c1-27(8-9-28-13-19(14-29)25-26-28)20-6-3-15(4-7-20)2-5-18-11-16-10-17(22)12-23-21(16)24-18/h3-4,6-7,10-12,19,29H,8-9,13-14H2,1H3,(H,23,24). The Morgan fingerprint density at radius 3 is 2.86 bits per heavy atom. The number of hydrogen-bond donors (Lipinski definition) is 2. The topological polar surface area (TPSA) is 80.1 Å². The van der Waals surface area contributed by atoms with Crippen LogP contribution in [0.3, 0.4) is 0 Å². The van der Waals surface area contributed by atoms with Gasteiger partial charge in [-0.2, -0.15) is 5.11 Å². The molecule has 3 heterocycles. The van der Waals surface area contributed by atoms with Crippen molar-refractivity contribution < 1.29 is 9.50 Å². The number of fused-ring (bicyclic) bond motifs is 1. The molecule has 0 radical (unpaired) electrons. The van der Waals surface area contributed by atoms with Crippen LogP contribution >= 0.6 is 0 Å². The highest BCUT2D eigenvalue weighted by molar-refractivity contribution is 5.77. The Balaban J connectivity index is 1.36. The fraction of sp³-hybridized carbons (Fsp3) is 0.286. The number of nitrogens with one attached hydrogen (secondary N) is 1. The van der Waals surface area contributed by atoms with Gasteiger partial charge in [0.2, 0.25) is 0 Å². The number of likely N-dealkylation sites (N-methyl/N-ethyl adjacent to an activating group) is 1. The Kier molecular flexibility index (Phi) is 5.40. The molecular formula is C21H21FN6O. The van der Waals surface area contributed by atoms with Gasteiger partial charge < -0.3 is 15.0 Å². The van der Waals surface area contributed by atoms with Gasteiger partial charge in [-0.05, 0) is 42.3 Å². The number of anilines is 1. The lowest BCUT2D eigenvalue weighted by Gasteiger charge is -2.22. The van der Waals surface area contributed by atoms with E-state index in [9.17, 15) is 4.39 Å². The maximum Gasteiger partial charge on any atom is 0.142 e. The van der Waals surface area contributed by atoms with Gasteiger partial charge in [0.1, 0.15) is 17.5 Å². The van der Waals surface area contributed by atoms with E-state index in [4.69, 9.17) is 5.11 Å². The molecule has 0 saturated carbocycles. The lowest BCUT2D eigenvalue weighted by molar-refractivity contribution is 0.245. The minimum Gasteiger partial charge on any atom is -0.394 e. The van der Waals surface area contributed by atoms with Crippen molar-refractivity contribution in [2.45, 2.75) is 6.04 Å². The molecule has 29 heavy (non-hydrogen) atoms. The highest BCUT2D eigenvalue weighted by Gasteiger charge is 2.18. The van der Waals surface area contributed by atoms with Gasteiger partial charge in [-0.3, -0.25) is 5.01 Å². The molecule has 8 heteroatoms. The van der Waals surface area contributed by atoms with Gasteiger partial charge >= 0.3 is 0 Å². The summed E-state index contributed by atoms with van der Waals surface area (Å²) in [4.78, 5) is 9.22. The number of hydrogen-bond acceptors (Lipinski definition) is 6. The van der Waals surface area contributed by atoms with Crippen LogP contribution in [0.2, 0.25) is 0 Å². The molecule has 148 valence electrons. The molecule has 1 atom stereocenters. The summed E-state index contributed by atoms with van der Waals surface area (Å²) in [6, 6.07) is 11.1. The zero-order valence-corrected chi connectivity index (χ0v) is 16.0. The molecule has 0 saturated heterocycles. The van der Waals surface area contributed by atoms with Crippen LogP contribution in [-0.2, 0) is 0 Å². The molecule has 1 aliphatic heterocycles. The number of rotatable bonds is 5. The molecule has 1 aromatic carbocycles. The van der Waals surface area contributed by atoms with Crippen LogP contribution in [0.4, 0.5) is 10.1 Å². The van der Waals surface area contributed by atoms with Gasteiger partial charge in [0.25, 0.3) is 0 Å². The average molecular weight is 392 g/mol. The summed E-state index contributed by atoms with van der Waals surface area (Å²) >= 11 is 0. The maximum absolute atomic E-state index is 13.2. The Bertz CT molecular complexity index is 1080. The van der Waals surface area contributed by atoms with Crippen molar-refractivity contribution in [3.05, 3.63) is 59.7 Å². The zero-order valence-electron chi connectivity index (χ0n) is 16.0. The van der Waals surface area contributed by atoms with Crippen molar-refractivity contribution in [1.29, 1.82) is 0 Å². The Morgan fingerprint density at radius 1 is 1.28 bits per heavy atom. The van der Waals surface area contributed by atoms with Gasteiger partial charge in [0.15, 0.2) is 0 Å². The Labute approximate surface area is 167 Å². The van der Waals surface area contributed by atoms with E-state index in [0.29, 0.717) is 23.3 Å². The van der Waals surface area contributed by atoms with Gasteiger partial charge in [0.05, 0.1) is 31.6 Å². The first-order valence-corrected chi connectivity index (χ1v) is 9.35. The van der Waals surface area contributed by atoms with Crippen LogP contribution in [0.5, 0.6) is 0 Å². The third kappa shape index (κ3) is 4.52. The van der Waals surface area contributed by atoms with Crippen LogP contribution in [-0.4, -0.2) is 59.4 Å². The highest BCUT2D eigenvalue weighted by Crippen LogP contribution is 2.16. The van der Waals surface area contributed by atoms with Crippen molar-refractivity contribution in [2.24, 2.45) is 10.3 Å².